The van der Waals surface area contributed by atoms with Gasteiger partial charge in [0.25, 0.3) is 0 Å². The molecule has 0 saturated heterocycles. The Labute approximate surface area is 307 Å². The van der Waals surface area contributed by atoms with Gasteiger partial charge in [-0.15, -0.1) is 11.3 Å². The average Bonchev–Trinajstić information content (AvgIpc) is 3.60. The molecule has 0 aliphatic carbocycles. The molecule has 0 unspecified atom stereocenters. The summed E-state index contributed by atoms with van der Waals surface area (Å²) < 4.78 is 2.62. The number of nitrogens with zero attached hydrogens (tertiary/aromatic N) is 1. The standard InChI is InChI=1S/C50H33NS/c1-3-12-34(13-4-1)36-22-27-40(28-23-36)51(41-29-24-37(25-30-41)35-14-5-2-6-15-35)48-33-47-45-31-26-39(43-21-11-17-38-16-7-8-18-42(38)43)32-49(45)52-50(47)46-20-10-9-19-44(46)48/h1-33H. The van der Waals surface area contributed by atoms with E-state index in [1.54, 1.807) is 0 Å². The summed E-state index contributed by atoms with van der Waals surface area (Å²) in [5, 5.41) is 7.62. The molecule has 0 aliphatic heterocycles. The van der Waals surface area contributed by atoms with Gasteiger partial charge in [0.2, 0.25) is 0 Å². The van der Waals surface area contributed by atoms with Crippen LogP contribution in [0.5, 0.6) is 0 Å². The van der Waals surface area contributed by atoms with Crippen molar-refractivity contribution in [2.45, 2.75) is 0 Å². The summed E-state index contributed by atoms with van der Waals surface area (Å²) >= 11 is 1.90. The SMILES string of the molecule is c1ccc(-c2ccc(N(c3ccc(-c4ccccc4)cc3)c3cc4c5ccc(-c6cccc7ccccc67)cc5sc4c4ccccc34)cc2)cc1. The van der Waals surface area contributed by atoms with Gasteiger partial charge in [0.05, 0.1) is 5.69 Å². The third-order valence-corrected chi connectivity index (χ3v) is 11.5. The highest BCUT2D eigenvalue weighted by atomic mass is 32.1. The van der Waals surface area contributed by atoms with Crippen LogP contribution in [0, 0.1) is 0 Å². The molecule has 0 fully saturated rings. The fourth-order valence-corrected chi connectivity index (χ4v) is 8.96. The van der Waals surface area contributed by atoms with Gasteiger partial charge in [-0.1, -0.05) is 164 Å². The van der Waals surface area contributed by atoms with Gasteiger partial charge in [-0.2, -0.15) is 0 Å². The van der Waals surface area contributed by atoms with Gasteiger partial charge in [-0.05, 0) is 80.6 Å². The van der Waals surface area contributed by atoms with Crippen molar-refractivity contribution >= 4 is 70.1 Å². The molecule has 1 nitrogen and oxygen atoms in total. The van der Waals surface area contributed by atoms with Gasteiger partial charge in [0.15, 0.2) is 0 Å². The van der Waals surface area contributed by atoms with Crippen molar-refractivity contribution in [2.24, 2.45) is 0 Å². The number of benzene rings is 9. The predicted octanol–water partition coefficient (Wildman–Crippen LogP) is 14.8. The van der Waals surface area contributed by atoms with Gasteiger partial charge in [0.1, 0.15) is 0 Å². The predicted molar refractivity (Wildman–Crippen MR) is 225 cm³/mol. The van der Waals surface area contributed by atoms with Crippen LogP contribution < -0.4 is 4.90 Å². The van der Waals surface area contributed by atoms with Gasteiger partial charge in [-0.3, -0.25) is 0 Å². The second-order valence-corrected chi connectivity index (χ2v) is 14.4. The first-order chi connectivity index (χ1) is 25.8. The monoisotopic (exact) mass is 679 g/mol. The van der Waals surface area contributed by atoms with Crippen LogP contribution in [0.15, 0.2) is 200 Å². The molecule has 2 heteroatoms. The third kappa shape index (κ3) is 5.24. The Kier molecular flexibility index (Phi) is 7.41. The summed E-state index contributed by atoms with van der Waals surface area (Å²) in [7, 11) is 0. The Morgan fingerprint density at radius 2 is 0.846 bits per heavy atom. The van der Waals surface area contributed by atoms with E-state index in [-0.39, 0.29) is 0 Å². The molecule has 10 aromatic rings. The fourth-order valence-electron chi connectivity index (χ4n) is 7.70. The summed E-state index contributed by atoms with van der Waals surface area (Å²) in [6.07, 6.45) is 0. The first kappa shape index (κ1) is 30.4. The fraction of sp³-hybridized carbons (Fsp3) is 0. The summed E-state index contributed by atoms with van der Waals surface area (Å²) in [6.45, 7) is 0. The molecule has 9 aromatic carbocycles. The van der Waals surface area contributed by atoms with E-state index in [0.29, 0.717) is 0 Å². The van der Waals surface area contributed by atoms with E-state index in [0.717, 1.165) is 11.4 Å². The smallest absolute Gasteiger partial charge is 0.0547 e. The van der Waals surface area contributed by atoms with E-state index in [1.165, 1.54) is 80.8 Å². The van der Waals surface area contributed by atoms with Crippen molar-refractivity contribution in [3.8, 4) is 33.4 Å². The van der Waals surface area contributed by atoms with Crippen molar-refractivity contribution < 1.29 is 0 Å². The van der Waals surface area contributed by atoms with Crippen molar-refractivity contribution in [1.82, 2.24) is 0 Å². The minimum Gasteiger partial charge on any atom is -0.310 e. The highest BCUT2D eigenvalue weighted by molar-refractivity contribution is 7.26. The first-order valence-corrected chi connectivity index (χ1v) is 18.6. The highest BCUT2D eigenvalue weighted by Gasteiger charge is 2.20. The van der Waals surface area contributed by atoms with Gasteiger partial charge >= 0.3 is 0 Å². The van der Waals surface area contributed by atoms with E-state index in [1.807, 2.05) is 11.3 Å². The normalized spacial score (nSPS) is 11.5. The number of rotatable bonds is 6. The largest absolute Gasteiger partial charge is 0.310 e. The zero-order chi connectivity index (χ0) is 34.4. The van der Waals surface area contributed by atoms with Crippen LogP contribution in [0.1, 0.15) is 0 Å². The molecule has 10 rings (SSSR count). The number of thiophene rings is 1. The van der Waals surface area contributed by atoms with Crippen LogP contribution in [0.4, 0.5) is 17.1 Å². The Morgan fingerprint density at radius 1 is 0.327 bits per heavy atom. The molecule has 0 spiro atoms. The lowest BCUT2D eigenvalue weighted by Crippen LogP contribution is -2.10. The van der Waals surface area contributed by atoms with Crippen LogP contribution in [-0.4, -0.2) is 0 Å². The minimum atomic E-state index is 1.12. The molecule has 0 bridgehead atoms. The topological polar surface area (TPSA) is 3.24 Å². The van der Waals surface area contributed by atoms with E-state index in [2.05, 4.69) is 205 Å². The van der Waals surface area contributed by atoms with E-state index in [9.17, 15) is 0 Å². The van der Waals surface area contributed by atoms with Crippen LogP contribution in [0.3, 0.4) is 0 Å². The van der Waals surface area contributed by atoms with Crippen LogP contribution in [0.2, 0.25) is 0 Å². The zero-order valence-corrected chi connectivity index (χ0v) is 29.2. The number of fused-ring (bicyclic) bond motifs is 6. The molecule has 52 heavy (non-hydrogen) atoms. The average molecular weight is 680 g/mol. The lowest BCUT2D eigenvalue weighted by atomic mass is 9.97. The molecule has 1 aromatic heterocycles. The summed E-state index contributed by atoms with van der Waals surface area (Å²) in [4.78, 5) is 2.43. The molecule has 244 valence electrons. The summed E-state index contributed by atoms with van der Waals surface area (Å²) in [5.74, 6) is 0. The summed E-state index contributed by atoms with van der Waals surface area (Å²) in [5.41, 5.74) is 10.8. The highest BCUT2D eigenvalue weighted by Crippen LogP contribution is 2.47. The summed E-state index contributed by atoms with van der Waals surface area (Å²) in [6, 6.07) is 72.8. The third-order valence-electron chi connectivity index (χ3n) is 10.3. The van der Waals surface area contributed by atoms with Crippen molar-refractivity contribution in [3.63, 3.8) is 0 Å². The number of anilines is 3. The molecule has 0 amide bonds. The first-order valence-electron chi connectivity index (χ1n) is 17.8. The van der Waals surface area contributed by atoms with Crippen molar-refractivity contribution in [2.75, 3.05) is 4.90 Å². The van der Waals surface area contributed by atoms with E-state index in [4.69, 9.17) is 0 Å². The van der Waals surface area contributed by atoms with Gasteiger partial charge in [0, 0.05) is 42.3 Å². The lowest BCUT2D eigenvalue weighted by molar-refractivity contribution is 1.30. The molecule has 0 N–H and O–H groups in total. The molecule has 0 radical (unpaired) electrons. The maximum absolute atomic E-state index is 2.43. The van der Waals surface area contributed by atoms with Crippen LogP contribution in [0.25, 0.3) is 75.1 Å². The number of hydrogen-bond acceptors (Lipinski definition) is 2. The second kappa shape index (κ2) is 12.7. The van der Waals surface area contributed by atoms with Gasteiger partial charge in [-0.25, -0.2) is 0 Å². The molecular weight excluding hydrogens is 647 g/mol. The van der Waals surface area contributed by atoms with Crippen molar-refractivity contribution in [1.29, 1.82) is 0 Å². The molecular formula is C50H33NS. The van der Waals surface area contributed by atoms with E-state index < -0.39 is 0 Å². The minimum absolute atomic E-state index is 1.12. The van der Waals surface area contributed by atoms with Crippen LogP contribution >= 0.6 is 11.3 Å². The van der Waals surface area contributed by atoms with E-state index >= 15 is 0 Å². The zero-order valence-electron chi connectivity index (χ0n) is 28.4. The maximum Gasteiger partial charge on any atom is 0.0547 e. The maximum atomic E-state index is 2.43. The Hall–Kier alpha value is -6.48. The molecule has 0 atom stereocenters. The lowest BCUT2D eigenvalue weighted by Gasteiger charge is -2.27. The molecule has 0 saturated carbocycles. The Balaban J connectivity index is 1.17. The quantitative estimate of drug-likeness (QED) is 0.169. The Morgan fingerprint density at radius 3 is 1.50 bits per heavy atom. The number of hydrogen-bond donors (Lipinski definition) is 0. The van der Waals surface area contributed by atoms with Crippen molar-refractivity contribution in [3.05, 3.63) is 200 Å². The second-order valence-electron chi connectivity index (χ2n) is 13.3. The van der Waals surface area contributed by atoms with Gasteiger partial charge < -0.3 is 4.90 Å². The Bertz CT molecular complexity index is 2780. The molecule has 1 heterocycles. The van der Waals surface area contributed by atoms with Crippen LogP contribution in [-0.2, 0) is 0 Å². The molecule has 0 aliphatic rings.